The van der Waals surface area contributed by atoms with Crippen LogP contribution in [0.4, 0.5) is 0 Å². The third-order valence-corrected chi connectivity index (χ3v) is 3.17. The number of carbonyl (C=O) groups excluding carboxylic acids is 1. The molecule has 0 spiro atoms. The molecule has 4 heteroatoms. The lowest BCUT2D eigenvalue weighted by atomic mass is 10.1. The minimum atomic E-state index is -0.618. The van der Waals surface area contributed by atoms with E-state index in [9.17, 15) is 4.79 Å². The van der Waals surface area contributed by atoms with Gasteiger partial charge in [-0.3, -0.25) is 4.79 Å². The van der Waals surface area contributed by atoms with E-state index in [4.69, 9.17) is 12.2 Å². The molecule has 0 radical (unpaired) electrons. The number of hydrogen-bond acceptors (Lipinski definition) is 2. The predicted octanol–water partition coefficient (Wildman–Crippen LogP) is 1.76. The molecular weight excluding hydrogens is 280 g/mol. The Labute approximate surface area is 110 Å². The molecule has 17 heavy (non-hydrogen) atoms. The Balaban J connectivity index is 2.67. The monoisotopic (exact) mass is 294 g/mol. The number of benzene rings is 1. The summed E-state index contributed by atoms with van der Waals surface area (Å²) in [5.41, 5.74) is 6.71. The van der Waals surface area contributed by atoms with Crippen molar-refractivity contribution in [3.05, 3.63) is 34.3 Å². The van der Waals surface area contributed by atoms with Gasteiger partial charge in [-0.25, -0.2) is 0 Å². The highest BCUT2D eigenvalue weighted by Crippen LogP contribution is 2.17. The second kappa shape index (κ2) is 6.43. The summed E-state index contributed by atoms with van der Waals surface area (Å²) in [7, 11) is 1.72. The summed E-state index contributed by atoms with van der Waals surface area (Å²) in [5.74, 6) is 2.26. The third-order valence-electron chi connectivity index (χ3n) is 2.40. The van der Waals surface area contributed by atoms with Crippen LogP contribution >= 0.6 is 15.9 Å². The lowest BCUT2D eigenvalue weighted by Crippen LogP contribution is -2.41. The van der Waals surface area contributed by atoms with Crippen molar-refractivity contribution in [3.8, 4) is 12.3 Å². The molecule has 1 amide bonds. The first-order valence-corrected chi connectivity index (χ1v) is 6.03. The molecule has 1 aromatic carbocycles. The molecule has 0 saturated heterocycles. The van der Waals surface area contributed by atoms with Crippen LogP contribution in [-0.4, -0.2) is 23.9 Å². The number of carbonyl (C=O) groups is 1. The maximum absolute atomic E-state index is 11.8. The molecule has 1 rings (SSSR count). The summed E-state index contributed by atoms with van der Waals surface area (Å²) in [6, 6.07) is 7.14. The fourth-order valence-corrected chi connectivity index (χ4v) is 1.87. The first kappa shape index (κ1) is 13.8. The second-order valence-corrected chi connectivity index (χ2v) is 4.65. The summed E-state index contributed by atoms with van der Waals surface area (Å²) in [4.78, 5) is 13.4. The van der Waals surface area contributed by atoms with Crippen molar-refractivity contribution in [3.63, 3.8) is 0 Å². The Kier molecular flexibility index (Phi) is 5.20. The van der Waals surface area contributed by atoms with Gasteiger partial charge in [-0.1, -0.05) is 34.1 Å². The van der Waals surface area contributed by atoms with Crippen LogP contribution in [0.25, 0.3) is 0 Å². The Bertz CT molecular complexity index is 439. The fourth-order valence-electron chi connectivity index (χ4n) is 1.46. The van der Waals surface area contributed by atoms with Gasteiger partial charge in [-0.15, -0.1) is 12.3 Å². The summed E-state index contributed by atoms with van der Waals surface area (Å²) < 4.78 is 0.977. The van der Waals surface area contributed by atoms with Crippen LogP contribution in [0.1, 0.15) is 12.0 Å². The maximum Gasteiger partial charge on any atom is 0.240 e. The third kappa shape index (κ3) is 3.88. The molecule has 90 valence electrons. The SMILES string of the molecule is C#CCC(N)C(=O)N(C)Cc1ccccc1Br. The van der Waals surface area contributed by atoms with E-state index in [0.29, 0.717) is 6.54 Å². The van der Waals surface area contributed by atoms with E-state index >= 15 is 0 Å². The minimum absolute atomic E-state index is 0.140. The van der Waals surface area contributed by atoms with Gasteiger partial charge < -0.3 is 10.6 Å². The number of halogens is 1. The summed E-state index contributed by atoms with van der Waals surface area (Å²) >= 11 is 3.44. The molecule has 1 unspecified atom stereocenters. The van der Waals surface area contributed by atoms with Crippen LogP contribution in [0.5, 0.6) is 0 Å². The van der Waals surface area contributed by atoms with Gasteiger partial charge in [0.15, 0.2) is 0 Å². The molecule has 0 bridgehead atoms. The van der Waals surface area contributed by atoms with E-state index < -0.39 is 6.04 Å². The van der Waals surface area contributed by atoms with Gasteiger partial charge in [0.1, 0.15) is 0 Å². The average molecular weight is 295 g/mol. The number of amides is 1. The molecule has 0 aromatic heterocycles. The zero-order chi connectivity index (χ0) is 12.8. The van der Waals surface area contributed by atoms with Crippen molar-refractivity contribution in [1.29, 1.82) is 0 Å². The molecule has 0 fully saturated rings. The quantitative estimate of drug-likeness (QED) is 0.860. The number of rotatable bonds is 4. The molecule has 1 atom stereocenters. The van der Waals surface area contributed by atoms with E-state index in [1.165, 1.54) is 0 Å². The Hall–Kier alpha value is -1.31. The molecule has 0 aliphatic carbocycles. The summed E-state index contributed by atoms with van der Waals surface area (Å²) in [6.07, 6.45) is 5.40. The van der Waals surface area contributed by atoms with Gasteiger partial charge in [0.25, 0.3) is 0 Å². The first-order chi connectivity index (χ1) is 8.06. The number of nitrogens with two attached hydrogens (primary N) is 1. The predicted molar refractivity (Wildman–Crippen MR) is 72.0 cm³/mol. The summed E-state index contributed by atoms with van der Waals surface area (Å²) in [5, 5.41) is 0. The number of terminal acetylenes is 1. The van der Waals surface area contributed by atoms with Crippen molar-refractivity contribution in [1.82, 2.24) is 4.90 Å². The lowest BCUT2D eigenvalue weighted by Gasteiger charge is -2.21. The number of hydrogen-bond donors (Lipinski definition) is 1. The highest BCUT2D eigenvalue weighted by atomic mass is 79.9. The second-order valence-electron chi connectivity index (χ2n) is 3.80. The highest BCUT2D eigenvalue weighted by molar-refractivity contribution is 9.10. The molecule has 0 heterocycles. The van der Waals surface area contributed by atoms with Gasteiger partial charge in [0.05, 0.1) is 6.04 Å². The highest BCUT2D eigenvalue weighted by Gasteiger charge is 2.17. The number of nitrogens with zero attached hydrogens (tertiary/aromatic N) is 1. The van der Waals surface area contributed by atoms with Gasteiger partial charge in [-0.05, 0) is 11.6 Å². The lowest BCUT2D eigenvalue weighted by molar-refractivity contribution is -0.131. The van der Waals surface area contributed by atoms with E-state index in [-0.39, 0.29) is 12.3 Å². The average Bonchev–Trinajstić information content (AvgIpc) is 2.31. The van der Waals surface area contributed by atoms with Gasteiger partial charge >= 0.3 is 0 Å². The number of likely N-dealkylation sites (N-methyl/N-ethyl adjacent to an activating group) is 1. The van der Waals surface area contributed by atoms with Crippen LogP contribution in [0.2, 0.25) is 0 Å². The van der Waals surface area contributed by atoms with Crippen LogP contribution in [0.15, 0.2) is 28.7 Å². The normalized spacial score (nSPS) is 11.6. The van der Waals surface area contributed by atoms with Crippen molar-refractivity contribution < 1.29 is 4.79 Å². The molecule has 1 aromatic rings. The van der Waals surface area contributed by atoms with Gasteiger partial charge in [-0.2, -0.15) is 0 Å². The topological polar surface area (TPSA) is 46.3 Å². The first-order valence-electron chi connectivity index (χ1n) is 5.23. The molecule has 2 N–H and O–H groups in total. The molecule has 0 aliphatic heterocycles. The minimum Gasteiger partial charge on any atom is -0.340 e. The molecular formula is C13H15BrN2O. The van der Waals surface area contributed by atoms with Crippen LogP contribution in [0, 0.1) is 12.3 Å². The maximum atomic E-state index is 11.8. The standard InChI is InChI=1S/C13H15BrN2O/c1-3-6-12(15)13(17)16(2)9-10-7-4-5-8-11(10)14/h1,4-5,7-8,12H,6,9,15H2,2H3. The van der Waals surface area contributed by atoms with Gasteiger partial charge in [0, 0.05) is 24.5 Å². The largest absolute Gasteiger partial charge is 0.340 e. The Morgan fingerprint density at radius 3 is 2.82 bits per heavy atom. The van der Waals surface area contributed by atoms with Crippen molar-refractivity contribution >= 4 is 21.8 Å². The van der Waals surface area contributed by atoms with Crippen molar-refractivity contribution in [2.45, 2.75) is 19.0 Å². The fraction of sp³-hybridized carbons (Fsp3) is 0.308. The van der Waals surface area contributed by atoms with Crippen molar-refractivity contribution in [2.24, 2.45) is 5.73 Å². The van der Waals surface area contributed by atoms with Crippen LogP contribution in [-0.2, 0) is 11.3 Å². The van der Waals surface area contributed by atoms with E-state index in [0.717, 1.165) is 10.0 Å². The van der Waals surface area contributed by atoms with Crippen molar-refractivity contribution in [2.75, 3.05) is 7.05 Å². The molecule has 3 nitrogen and oxygen atoms in total. The van der Waals surface area contributed by atoms with Crippen LogP contribution in [0.3, 0.4) is 0 Å². The zero-order valence-corrected chi connectivity index (χ0v) is 11.3. The van der Waals surface area contributed by atoms with Gasteiger partial charge in [0.2, 0.25) is 5.91 Å². The molecule has 0 aliphatic rings. The smallest absolute Gasteiger partial charge is 0.240 e. The molecule has 0 saturated carbocycles. The van der Waals surface area contributed by atoms with E-state index in [1.54, 1.807) is 11.9 Å². The summed E-state index contributed by atoms with van der Waals surface area (Å²) in [6.45, 7) is 0.512. The Morgan fingerprint density at radius 2 is 2.24 bits per heavy atom. The zero-order valence-electron chi connectivity index (χ0n) is 9.69. The van der Waals surface area contributed by atoms with E-state index in [2.05, 4.69) is 21.9 Å². The van der Waals surface area contributed by atoms with Crippen LogP contribution < -0.4 is 5.73 Å². The Morgan fingerprint density at radius 1 is 1.59 bits per heavy atom. The van der Waals surface area contributed by atoms with E-state index in [1.807, 2.05) is 24.3 Å².